The van der Waals surface area contributed by atoms with Crippen LogP contribution in [-0.2, 0) is 0 Å². The van der Waals surface area contributed by atoms with Gasteiger partial charge in [0.15, 0.2) is 0 Å². The smallest absolute Gasteiger partial charge is 0.00101 e. The second-order valence-corrected chi connectivity index (χ2v) is 6.05. The molecule has 2 fully saturated rings. The van der Waals surface area contributed by atoms with E-state index in [0.717, 1.165) is 12.5 Å². The van der Waals surface area contributed by atoms with Crippen molar-refractivity contribution in [1.82, 2.24) is 4.90 Å². The zero-order chi connectivity index (χ0) is 11.4. The Morgan fingerprint density at radius 2 is 2.19 bits per heavy atom. The second kappa shape index (κ2) is 5.50. The molecule has 2 aliphatic rings. The van der Waals surface area contributed by atoms with E-state index in [4.69, 9.17) is 5.73 Å². The highest BCUT2D eigenvalue weighted by atomic mass is 15.1. The minimum Gasteiger partial charge on any atom is -0.330 e. The van der Waals surface area contributed by atoms with E-state index in [1.807, 2.05) is 0 Å². The Morgan fingerprint density at radius 1 is 1.38 bits per heavy atom. The lowest BCUT2D eigenvalue weighted by Gasteiger charge is -2.42. The van der Waals surface area contributed by atoms with Crippen molar-refractivity contribution >= 4 is 0 Å². The number of likely N-dealkylation sites (tertiary alicyclic amines) is 1. The van der Waals surface area contributed by atoms with Gasteiger partial charge in [-0.25, -0.2) is 0 Å². The molecular formula is C14H28N2. The summed E-state index contributed by atoms with van der Waals surface area (Å²) in [7, 11) is 0. The lowest BCUT2D eigenvalue weighted by Crippen LogP contribution is -2.40. The molecule has 2 N–H and O–H groups in total. The normalized spacial score (nSPS) is 29.2. The summed E-state index contributed by atoms with van der Waals surface area (Å²) in [5.41, 5.74) is 6.45. The predicted molar refractivity (Wildman–Crippen MR) is 69.4 cm³/mol. The van der Waals surface area contributed by atoms with Gasteiger partial charge in [-0.05, 0) is 63.1 Å². The molecule has 16 heavy (non-hydrogen) atoms. The molecule has 0 spiro atoms. The van der Waals surface area contributed by atoms with Crippen molar-refractivity contribution in [2.24, 2.45) is 17.1 Å². The van der Waals surface area contributed by atoms with Crippen LogP contribution in [0.1, 0.15) is 51.9 Å². The molecule has 1 unspecified atom stereocenters. The van der Waals surface area contributed by atoms with E-state index in [-0.39, 0.29) is 0 Å². The van der Waals surface area contributed by atoms with Gasteiger partial charge in [0.25, 0.3) is 0 Å². The fourth-order valence-electron chi connectivity index (χ4n) is 3.39. The Balaban J connectivity index is 1.67. The Hall–Kier alpha value is -0.0800. The minimum atomic E-state index is 0.544. The third kappa shape index (κ3) is 2.78. The van der Waals surface area contributed by atoms with E-state index in [1.54, 1.807) is 0 Å². The van der Waals surface area contributed by atoms with Gasteiger partial charge in [0.1, 0.15) is 0 Å². The highest BCUT2D eigenvalue weighted by molar-refractivity contribution is 4.90. The number of hydrogen-bond donors (Lipinski definition) is 1. The van der Waals surface area contributed by atoms with Gasteiger partial charge in [0, 0.05) is 6.54 Å². The van der Waals surface area contributed by atoms with E-state index >= 15 is 0 Å². The first-order valence-electron chi connectivity index (χ1n) is 7.20. The van der Waals surface area contributed by atoms with Gasteiger partial charge in [0.2, 0.25) is 0 Å². The molecule has 1 aliphatic carbocycles. The molecule has 1 saturated heterocycles. The van der Waals surface area contributed by atoms with Gasteiger partial charge in [-0.2, -0.15) is 0 Å². The molecule has 2 heteroatoms. The van der Waals surface area contributed by atoms with Crippen molar-refractivity contribution < 1.29 is 0 Å². The van der Waals surface area contributed by atoms with E-state index in [0.29, 0.717) is 5.41 Å². The molecule has 0 aromatic heterocycles. The van der Waals surface area contributed by atoms with Crippen molar-refractivity contribution in [3.63, 3.8) is 0 Å². The molecule has 1 heterocycles. The summed E-state index contributed by atoms with van der Waals surface area (Å²) in [6, 6.07) is 0. The van der Waals surface area contributed by atoms with Crippen LogP contribution in [0.15, 0.2) is 0 Å². The van der Waals surface area contributed by atoms with E-state index in [9.17, 15) is 0 Å². The Labute approximate surface area is 101 Å². The van der Waals surface area contributed by atoms with Crippen LogP contribution in [0.4, 0.5) is 0 Å². The maximum atomic E-state index is 5.91. The summed E-state index contributed by atoms with van der Waals surface area (Å²) in [5.74, 6) is 0.986. The van der Waals surface area contributed by atoms with Gasteiger partial charge in [-0.15, -0.1) is 0 Å². The zero-order valence-corrected chi connectivity index (χ0v) is 10.9. The summed E-state index contributed by atoms with van der Waals surface area (Å²) in [5, 5.41) is 0. The van der Waals surface area contributed by atoms with Crippen LogP contribution < -0.4 is 5.73 Å². The van der Waals surface area contributed by atoms with Crippen LogP contribution in [0.5, 0.6) is 0 Å². The van der Waals surface area contributed by atoms with Crippen molar-refractivity contribution in [1.29, 1.82) is 0 Å². The molecule has 1 aliphatic heterocycles. The SMILES string of the molecule is CCCC1CCN(CCC2(CN)CCC2)C1. The van der Waals surface area contributed by atoms with Crippen molar-refractivity contribution in [2.75, 3.05) is 26.2 Å². The highest BCUT2D eigenvalue weighted by Gasteiger charge is 2.35. The van der Waals surface area contributed by atoms with Gasteiger partial charge >= 0.3 is 0 Å². The van der Waals surface area contributed by atoms with Crippen LogP contribution in [0.25, 0.3) is 0 Å². The molecule has 2 rings (SSSR count). The number of rotatable bonds is 6. The number of hydrogen-bond acceptors (Lipinski definition) is 2. The molecule has 1 atom stereocenters. The summed E-state index contributed by atoms with van der Waals surface area (Å²) in [4.78, 5) is 2.68. The largest absolute Gasteiger partial charge is 0.330 e. The van der Waals surface area contributed by atoms with E-state index in [1.165, 1.54) is 64.6 Å². The van der Waals surface area contributed by atoms with Crippen LogP contribution >= 0.6 is 0 Å². The van der Waals surface area contributed by atoms with E-state index in [2.05, 4.69) is 11.8 Å². The third-order valence-electron chi connectivity index (χ3n) is 4.87. The first-order valence-corrected chi connectivity index (χ1v) is 7.20. The molecule has 2 nitrogen and oxygen atoms in total. The average Bonchev–Trinajstić information content (AvgIpc) is 2.66. The zero-order valence-electron chi connectivity index (χ0n) is 10.9. The highest BCUT2D eigenvalue weighted by Crippen LogP contribution is 2.43. The fourth-order valence-corrected chi connectivity index (χ4v) is 3.39. The van der Waals surface area contributed by atoms with Gasteiger partial charge in [0.05, 0.1) is 0 Å². The molecule has 0 aromatic carbocycles. The molecule has 94 valence electrons. The maximum absolute atomic E-state index is 5.91. The van der Waals surface area contributed by atoms with Crippen LogP contribution in [0.2, 0.25) is 0 Å². The lowest BCUT2D eigenvalue weighted by molar-refractivity contribution is 0.111. The summed E-state index contributed by atoms with van der Waals surface area (Å²) < 4.78 is 0. The molecule has 0 aromatic rings. The summed E-state index contributed by atoms with van der Waals surface area (Å²) in [6.07, 6.45) is 9.75. The molecule has 0 amide bonds. The average molecular weight is 224 g/mol. The van der Waals surface area contributed by atoms with Crippen molar-refractivity contribution in [2.45, 2.75) is 51.9 Å². The number of nitrogens with two attached hydrogens (primary N) is 1. The predicted octanol–water partition coefficient (Wildman–Crippen LogP) is 2.63. The molecule has 1 saturated carbocycles. The minimum absolute atomic E-state index is 0.544. The Bertz CT molecular complexity index is 205. The van der Waals surface area contributed by atoms with Crippen molar-refractivity contribution in [3.8, 4) is 0 Å². The topological polar surface area (TPSA) is 29.3 Å². The van der Waals surface area contributed by atoms with Crippen LogP contribution in [-0.4, -0.2) is 31.1 Å². The standard InChI is InChI=1S/C14H28N2/c1-2-4-13-5-9-16(11-13)10-8-14(12-15)6-3-7-14/h13H,2-12,15H2,1H3. The molecule has 0 radical (unpaired) electrons. The molecule has 0 bridgehead atoms. The van der Waals surface area contributed by atoms with Gasteiger partial charge < -0.3 is 10.6 Å². The van der Waals surface area contributed by atoms with Crippen LogP contribution in [0, 0.1) is 11.3 Å². The first-order chi connectivity index (χ1) is 7.78. The van der Waals surface area contributed by atoms with Crippen LogP contribution in [0.3, 0.4) is 0 Å². The summed E-state index contributed by atoms with van der Waals surface area (Å²) >= 11 is 0. The van der Waals surface area contributed by atoms with E-state index < -0.39 is 0 Å². The summed E-state index contributed by atoms with van der Waals surface area (Å²) in [6.45, 7) is 7.22. The third-order valence-corrected chi connectivity index (χ3v) is 4.87. The quantitative estimate of drug-likeness (QED) is 0.751. The first kappa shape index (κ1) is 12.4. The Morgan fingerprint density at radius 3 is 2.75 bits per heavy atom. The number of nitrogens with zero attached hydrogens (tertiary/aromatic N) is 1. The second-order valence-electron chi connectivity index (χ2n) is 6.05. The van der Waals surface area contributed by atoms with Crippen molar-refractivity contribution in [3.05, 3.63) is 0 Å². The monoisotopic (exact) mass is 224 g/mol. The lowest BCUT2D eigenvalue weighted by atomic mass is 9.66. The fraction of sp³-hybridized carbons (Fsp3) is 1.00. The maximum Gasteiger partial charge on any atom is 0.00101 e. The Kier molecular flexibility index (Phi) is 4.26. The van der Waals surface area contributed by atoms with Gasteiger partial charge in [-0.3, -0.25) is 0 Å². The molecular weight excluding hydrogens is 196 g/mol. The van der Waals surface area contributed by atoms with Gasteiger partial charge in [-0.1, -0.05) is 19.8 Å².